The van der Waals surface area contributed by atoms with E-state index in [2.05, 4.69) is 5.32 Å². The number of nitro benzene ring substituents is 1. The van der Waals surface area contributed by atoms with Crippen LogP contribution < -0.4 is 5.32 Å². The Morgan fingerprint density at radius 3 is 2.94 bits per heavy atom. The van der Waals surface area contributed by atoms with Gasteiger partial charge in [0, 0.05) is 35.5 Å². The Balaban J connectivity index is 2.67. The number of benzene rings is 1. The minimum atomic E-state index is -0.405. The van der Waals surface area contributed by atoms with Gasteiger partial charge in [0.25, 0.3) is 5.69 Å². The molecule has 0 saturated heterocycles. The highest BCUT2D eigenvalue weighted by Gasteiger charge is 2.13. The van der Waals surface area contributed by atoms with Gasteiger partial charge in [0.15, 0.2) is 0 Å². The highest BCUT2D eigenvalue weighted by atomic mass is 35.5. The molecular formula is C10H13ClN2O2S. The average Bonchev–Trinajstić information content (AvgIpc) is 2.26. The number of thioether (sulfide) groups is 1. The van der Waals surface area contributed by atoms with E-state index in [1.54, 1.807) is 23.9 Å². The van der Waals surface area contributed by atoms with E-state index in [0.29, 0.717) is 17.1 Å². The van der Waals surface area contributed by atoms with Gasteiger partial charge in [0.05, 0.1) is 4.92 Å². The molecule has 0 aliphatic carbocycles. The molecule has 1 aromatic rings. The number of nitro groups is 1. The zero-order valence-corrected chi connectivity index (χ0v) is 10.5. The van der Waals surface area contributed by atoms with E-state index < -0.39 is 4.92 Å². The van der Waals surface area contributed by atoms with Crippen LogP contribution in [-0.2, 0) is 6.54 Å². The minimum absolute atomic E-state index is 0.0733. The number of hydrogen-bond donors (Lipinski definition) is 1. The molecule has 0 fully saturated rings. The third-order valence-corrected chi connectivity index (χ3v) is 2.89. The van der Waals surface area contributed by atoms with Gasteiger partial charge in [-0.05, 0) is 18.4 Å². The third-order valence-electron chi connectivity index (χ3n) is 2.04. The van der Waals surface area contributed by atoms with E-state index >= 15 is 0 Å². The van der Waals surface area contributed by atoms with Crippen molar-refractivity contribution < 1.29 is 4.92 Å². The van der Waals surface area contributed by atoms with E-state index in [4.69, 9.17) is 11.6 Å². The molecule has 0 aromatic heterocycles. The highest BCUT2D eigenvalue weighted by molar-refractivity contribution is 7.98. The van der Waals surface area contributed by atoms with Gasteiger partial charge in [0.1, 0.15) is 0 Å². The first-order valence-corrected chi connectivity index (χ1v) is 6.55. The first kappa shape index (κ1) is 13.3. The van der Waals surface area contributed by atoms with Crippen LogP contribution in [0.4, 0.5) is 5.69 Å². The van der Waals surface area contributed by atoms with Crippen molar-refractivity contribution in [3.63, 3.8) is 0 Å². The molecule has 0 bridgehead atoms. The number of nitrogens with zero attached hydrogens (tertiary/aromatic N) is 1. The van der Waals surface area contributed by atoms with Crippen LogP contribution in [-0.4, -0.2) is 23.5 Å². The molecule has 0 saturated carbocycles. The van der Waals surface area contributed by atoms with Crippen molar-refractivity contribution in [2.45, 2.75) is 6.54 Å². The monoisotopic (exact) mass is 260 g/mol. The number of halogens is 1. The standard InChI is InChI=1S/C10H13ClN2O2S/c1-16-5-4-12-7-8-2-3-9(11)6-10(8)13(14)15/h2-3,6,12H,4-5,7H2,1H3. The number of rotatable bonds is 6. The molecule has 88 valence electrons. The van der Waals surface area contributed by atoms with Gasteiger partial charge in [-0.1, -0.05) is 11.6 Å². The van der Waals surface area contributed by atoms with E-state index in [0.717, 1.165) is 12.3 Å². The summed E-state index contributed by atoms with van der Waals surface area (Å²) in [5, 5.41) is 14.3. The van der Waals surface area contributed by atoms with E-state index in [-0.39, 0.29) is 5.69 Å². The van der Waals surface area contributed by atoms with Gasteiger partial charge in [-0.2, -0.15) is 11.8 Å². The van der Waals surface area contributed by atoms with Crippen LogP contribution in [0.3, 0.4) is 0 Å². The molecule has 0 spiro atoms. The number of nitrogens with one attached hydrogen (secondary N) is 1. The molecule has 0 aliphatic rings. The van der Waals surface area contributed by atoms with Gasteiger partial charge >= 0.3 is 0 Å². The van der Waals surface area contributed by atoms with Crippen molar-refractivity contribution in [1.82, 2.24) is 5.32 Å². The van der Waals surface area contributed by atoms with Crippen LogP contribution in [0.25, 0.3) is 0 Å². The van der Waals surface area contributed by atoms with Gasteiger partial charge in [0.2, 0.25) is 0 Å². The van der Waals surface area contributed by atoms with Crippen LogP contribution in [0.1, 0.15) is 5.56 Å². The lowest BCUT2D eigenvalue weighted by atomic mass is 10.2. The van der Waals surface area contributed by atoms with Gasteiger partial charge in [-0.15, -0.1) is 0 Å². The van der Waals surface area contributed by atoms with E-state index in [1.807, 2.05) is 6.26 Å². The molecule has 1 N–H and O–H groups in total. The maximum Gasteiger partial charge on any atom is 0.275 e. The lowest BCUT2D eigenvalue weighted by molar-refractivity contribution is -0.385. The summed E-state index contributed by atoms with van der Waals surface area (Å²) in [6.45, 7) is 1.33. The van der Waals surface area contributed by atoms with Crippen LogP contribution in [0, 0.1) is 10.1 Å². The molecule has 0 unspecified atom stereocenters. The Bertz CT molecular complexity index is 374. The maximum absolute atomic E-state index is 10.8. The van der Waals surface area contributed by atoms with Crippen LogP contribution in [0.5, 0.6) is 0 Å². The summed E-state index contributed by atoms with van der Waals surface area (Å²) in [4.78, 5) is 10.4. The molecule has 6 heteroatoms. The Morgan fingerprint density at radius 1 is 1.56 bits per heavy atom. The first-order chi connectivity index (χ1) is 7.65. The fraction of sp³-hybridized carbons (Fsp3) is 0.400. The average molecular weight is 261 g/mol. The summed E-state index contributed by atoms with van der Waals surface area (Å²) in [7, 11) is 0. The molecule has 0 radical (unpaired) electrons. The lowest BCUT2D eigenvalue weighted by Crippen LogP contribution is -2.17. The van der Waals surface area contributed by atoms with E-state index in [1.165, 1.54) is 6.07 Å². The van der Waals surface area contributed by atoms with Crippen molar-refractivity contribution in [2.24, 2.45) is 0 Å². The predicted molar refractivity (Wildman–Crippen MR) is 68.2 cm³/mol. The smallest absolute Gasteiger partial charge is 0.275 e. The van der Waals surface area contributed by atoms with Gasteiger partial charge in [-0.25, -0.2) is 0 Å². The summed E-state index contributed by atoms with van der Waals surface area (Å²) < 4.78 is 0. The van der Waals surface area contributed by atoms with Crippen LogP contribution in [0.15, 0.2) is 18.2 Å². The first-order valence-electron chi connectivity index (χ1n) is 4.77. The Morgan fingerprint density at radius 2 is 2.31 bits per heavy atom. The van der Waals surface area contributed by atoms with Crippen molar-refractivity contribution in [3.8, 4) is 0 Å². The quantitative estimate of drug-likeness (QED) is 0.485. The Hall–Kier alpha value is -0.780. The van der Waals surface area contributed by atoms with E-state index in [9.17, 15) is 10.1 Å². The number of hydrogen-bond acceptors (Lipinski definition) is 4. The summed E-state index contributed by atoms with van der Waals surface area (Å²) in [6, 6.07) is 4.74. The SMILES string of the molecule is CSCCNCc1ccc(Cl)cc1[N+](=O)[O-]. The molecule has 0 amide bonds. The molecule has 0 heterocycles. The van der Waals surface area contributed by atoms with Crippen molar-refractivity contribution in [2.75, 3.05) is 18.6 Å². The fourth-order valence-corrected chi connectivity index (χ4v) is 1.77. The summed E-state index contributed by atoms with van der Waals surface area (Å²) in [5.41, 5.74) is 0.736. The van der Waals surface area contributed by atoms with Crippen molar-refractivity contribution >= 4 is 29.1 Å². The maximum atomic E-state index is 10.8. The second-order valence-electron chi connectivity index (χ2n) is 3.20. The normalized spacial score (nSPS) is 10.4. The molecule has 1 rings (SSSR count). The minimum Gasteiger partial charge on any atom is -0.312 e. The fourth-order valence-electron chi connectivity index (χ4n) is 1.25. The molecule has 4 nitrogen and oxygen atoms in total. The molecule has 0 atom stereocenters. The molecule has 16 heavy (non-hydrogen) atoms. The second-order valence-corrected chi connectivity index (χ2v) is 4.62. The van der Waals surface area contributed by atoms with Gasteiger partial charge < -0.3 is 5.32 Å². The molecular weight excluding hydrogens is 248 g/mol. The topological polar surface area (TPSA) is 55.2 Å². The van der Waals surface area contributed by atoms with Crippen LogP contribution >= 0.6 is 23.4 Å². The summed E-state index contributed by atoms with van der Waals surface area (Å²) >= 11 is 7.45. The predicted octanol–water partition coefficient (Wildman–Crippen LogP) is 2.70. The lowest BCUT2D eigenvalue weighted by Gasteiger charge is -2.05. The molecule has 0 aliphatic heterocycles. The summed E-state index contributed by atoms with van der Waals surface area (Å²) in [5.74, 6) is 0.987. The zero-order valence-electron chi connectivity index (χ0n) is 8.90. The zero-order chi connectivity index (χ0) is 12.0. The van der Waals surface area contributed by atoms with Gasteiger partial charge in [-0.3, -0.25) is 10.1 Å². The Labute approximate surface area is 104 Å². The Kier molecular flexibility index (Phi) is 5.59. The molecule has 1 aromatic carbocycles. The van der Waals surface area contributed by atoms with Crippen molar-refractivity contribution in [1.29, 1.82) is 0 Å². The highest BCUT2D eigenvalue weighted by Crippen LogP contribution is 2.22. The largest absolute Gasteiger partial charge is 0.312 e. The van der Waals surface area contributed by atoms with Crippen LogP contribution in [0.2, 0.25) is 5.02 Å². The third kappa shape index (κ3) is 4.00. The second kappa shape index (κ2) is 6.73. The summed E-state index contributed by atoms with van der Waals surface area (Å²) in [6.07, 6.45) is 2.02. The van der Waals surface area contributed by atoms with Crippen molar-refractivity contribution in [3.05, 3.63) is 38.9 Å².